The molecule has 1 aromatic heterocycles. The molecule has 1 heterocycles. The molecule has 1 amide bonds. The van der Waals surface area contributed by atoms with E-state index in [1.54, 1.807) is 12.1 Å². The highest BCUT2D eigenvalue weighted by atomic mass is 19.1. The van der Waals surface area contributed by atoms with Crippen LogP contribution in [0.1, 0.15) is 35.8 Å². The quantitative estimate of drug-likeness (QED) is 0.887. The highest BCUT2D eigenvalue weighted by Crippen LogP contribution is 2.13. The molecule has 2 rings (SSSR count). The monoisotopic (exact) mass is 288 g/mol. The maximum Gasteiger partial charge on any atom is 0.254 e. The van der Waals surface area contributed by atoms with Gasteiger partial charge in [0.15, 0.2) is 0 Å². The van der Waals surface area contributed by atoms with Gasteiger partial charge in [-0.05, 0) is 31.5 Å². The van der Waals surface area contributed by atoms with Gasteiger partial charge in [0.2, 0.25) is 5.95 Å². The second kappa shape index (κ2) is 6.78. The minimum absolute atomic E-state index is 0.230. The summed E-state index contributed by atoms with van der Waals surface area (Å²) in [5.74, 6) is -0.0832. The molecule has 0 saturated carbocycles. The van der Waals surface area contributed by atoms with E-state index in [9.17, 15) is 9.18 Å². The summed E-state index contributed by atoms with van der Waals surface area (Å²) in [6, 6.07) is 5.79. The maximum atomic E-state index is 12.9. The molecule has 0 aliphatic carbocycles. The Kier molecular flexibility index (Phi) is 4.81. The number of hydrogen-bond donors (Lipinski definition) is 2. The van der Waals surface area contributed by atoms with Crippen LogP contribution in [0.4, 0.5) is 10.3 Å². The smallest absolute Gasteiger partial charge is 0.254 e. The molecule has 5 nitrogen and oxygen atoms in total. The molecule has 110 valence electrons. The molecule has 0 aliphatic heterocycles. The van der Waals surface area contributed by atoms with Gasteiger partial charge in [0, 0.05) is 18.9 Å². The third kappa shape index (κ3) is 3.98. The van der Waals surface area contributed by atoms with Gasteiger partial charge in [-0.3, -0.25) is 4.79 Å². The molecule has 0 bridgehead atoms. The van der Waals surface area contributed by atoms with Crippen LogP contribution in [0.5, 0.6) is 0 Å². The number of anilines is 1. The number of aromatic nitrogens is 2. The Morgan fingerprint density at radius 3 is 2.43 bits per heavy atom. The summed E-state index contributed by atoms with van der Waals surface area (Å²) in [5.41, 5.74) is 1.21. The van der Waals surface area contributed by atoms with Crippen LogP contribution in [0.25, 0.3) is 0 Å². The zero-order valence-corrected chi connectivity index (χ0v) is 11.9. The number of benzene rings is 1. The van der Waals surface area contributed by atoms with Crippen molar-refractivity contribution in [1.82, 2.24) is 15.3 Å². The van der Waals surface area contributed by atoms with E-state index >= 15 is 0 Å². The van der Waals surface area contributed by atoms with Crippen LogP contribution >= 0.6 is 0 Å². The van der Waals surface area contributed by atoms with Crippen LogP contribution in [0, 0.1) is 5.82 Å². The summed E-state index contributed by atoms with van der Waals surface area (Å²) >= 11 is 0. The highest BCUT2D eigenvalue weighted by molar-refractivity contribution is 5.93. The molecule has 2 N–H and O–H groups in total. The van der Waals surface area contributed by atoms with Crippen molar-refractivity contribution in [3.63, 3.8) is 0 Å². The number of nitrogens with zero attached hydrogens (tertiary/aromatic N) is 2. The molecular formula is C15H17FN4O. The number of carbonyl (C=O) groups excluding carboxylic acids is 1. The summed E-state index contributed by atoms with van der Waals surface area (Å²) in [6.07, 6.45) is 2.94. The largest absolute Gasteiger partial charge is 0.355 e. The zero-order chi connectivity index (χ0) is 15.2. The van der Waals surface area contributed by atoms with Crippen molar-refractivity contribution in [3.05, 3.63) is 53.6 Å². The minimum atomic E-state index is -0.301. The van der Waals surface area contributed by atoms with Crippen molar-refractivity contribution in [1.29, 1.82) is 0 Å². The van der Waals surface area contributed by atoms with Crippen molar-refractivity contribution in [2.45, 2.75) is 19.9 Å². The first-order chi connectivity index (χ1) is 10.1. The van der Waals surface area contributed by atoms with E-state index in [1.165, 1.54) is 24.5 Å². The minimum Gasteiger partial charge on any atom is -0.355 e. The molecule has 0 unspecified atom stereocenters. The van der Waals surface area contributed by atoms with Crippen LogP contribution in [0.15, 0.2) is 36.7 Å². The van der Waals surface area contributed by atoms with Gasteiger partial charge in [-0.15, -0.1) is 0 Å². The van der Waals surface area contributed by atoms with Crippen LogP contribution in [-0.4, -0.2) is 22.4 Å². The molecule has 2 aromatic rings. The maximum absolute atomic E-state index is 12.9. The highest BCUT2D eigenvalue weighted by Gasteiger charge is 2.12. The van der Waals surface area contributed by atoms with Gasteiger partial charge < -0.3 is 10.6 Å². The first-order valence-corrected chi connectivity index (χ1v) is 6.72. The lowest BCUT2D eigenvalue weighted by Gasteiger charge is -2.14. The lowest BCUT2D eigenvalue weighted by atomic mass is 10.1. The SMILES string of the molecule is CCNc1ncc(C(=O)N[C@@H](C)c2ccc(F)cc2)cn1. The van der Waals surface area contributed by atoms with Gasteiger partial charge in [-0.2, -0.15) is 0 Å². The van der Waals surface area contributed by atoms with Gasteiger partial charge in [0.05, 0.1) is 11.6 Å². The van der Waals surface area contributed by atoms with Gasteiger partial charge in [0.25, 0.3) is 5.91 Å². The number of nitrogens with one attached hydrogen (secondary N) is 2. The number of carbonyl (C=O) groups is 1. The molecule has 0 aliphatic rings. The number of hydrogen-bond acceptors (Lipinski definition) is 4. The Morgan fingerprint density at radius 2 is 1.86 bits per heavy atom. The Labute approximate surface area is 122 Å². The topological polar surface area (TPSA) is 66.9 Å². The van der Waals surface area contributed by atoms with Crippen LogP contribution in [0.2, 0.25) is 0 Å². The third-order valence-corrected chi connectivity index (χ3v) is 2.97. The van der Waals surface area contributed by atoms with Crippen LogP contribution in [-0.2, 0) is 0 Å². The molecule has 6 heteroatoms. The Bertz CT molecular complexity index is 598. The van der Waals surface area contributed by atoms with Gasteiger partial charge in [-0.1, -0.05) is 12.1 Å². The lowest BCUT2D eigenvalue weighted by molar-refractivity contribution is 0.0939. The number of rotatable bonds is 5. The molecule has 0 radical (unpaired) electrons. The molecule has 21 heavy (non-hydrogen) atoms. The van der Waals surface area contributed by atoms with Crippen molar-refractivity contribution >= 4 is 11.9 Å². The molecule has 1 atom stereocenters. The molecular weight excluding hydrogens is 271 g/mol. The first kappa shape index (κ1) is 14.9. The fraction of sp³-hybridized carbons (Fsp3) is 0.267. The van der Waals surface area contributed by atoms with Crippen molar-refractivity contribution in [2.24, 2.45) is 0 Å². The van der Waals surface area contributed by atoms with Gasteiger partial charge in [-0.25, -0.2) is 14.4 Å². The number of amides is 1. The van der Waals surface area contributed by atoms with Gasteiger partial charge in [0.1, 0.15) is 5.82 Å². The first-order valence-electron chi connectivity index (χ1n) is 6.72. The lowest BCUT2D eigenvalue weighted by Crippen LogP contribution is -2.27. The number of halogens is 1. The van der Waals surface area contributed by atoms with E-state index in [-0.39, 0.29) is 17.8 Å². The molecule has 0 fully saturated rings. The second-order valence-electron chi connectivity index (χ2n) is 4.57. The predicted molar refractivity (Wildman–Crippen MR) is 78.5 cm³/mol. The normalized spacial score (nSPS) is 11.8. The standard InChI is InChI=1S/C15H17FN4O/c1-3-17-15-18-8-12(9-19-15)14(21)20-10(2)11-4-6-13(16)7-5-11/h4-10H,3H2,1-2H3,(H,20,21)(H,17,18,19)/t10-/m0/s1. The summed E-state index contributed by atoms with van der Waals surface area (Å²) in [6.45, 7) is 4.49. The van der Waals surface area contributed by atoms with E-state index in [4.69, 9.17) is 0 Å². The van der Waals surface area contributed by atoms with E-state index in [0.717, 1.165) is 5.56 Å². The van der Waals surface area contributed by atoms with Crippen LogP contribution < -0.4 is 10.6 Å². The fourth-order valence-corrected chi connectivity index (χ4v) is 1.81. The Morgan fingerprint density at radius 1 is 1.24 bits per heavy atom. The predicted octanol–water partition coefficient (Wildman–Crippen LogP) is 2.54. The molecule has 1 aromatic carbocycles. The van der Waals surface area contributed by atoms with Crippen molar-refractivity contribution in [2.75, 3.05) is 11.9 Å². The van der Waals surface area contributed by atoms with E-state index in [1.807, 2.05) is 13.8 Å². The average Bonchev–Trinajstić information content (AvgIpc) is 2.49. The average molecular weight is 288 g/mol. The summed E-state index contributed by atoms with van der Waals surface area (Å²) in [4.78, 5) is 20.2. The van der Waals surface area contributed by atoms with Crippen molar-refractivity contribution < 1.29 is 9.18 Å². The molecule has 0 spiro atoms. The van der Waals surface area contributed by atoms with E-state index in [2.05, 4.69) is 20.6 Å². The van der Waals surface area contributed by atoms with E-state index < -0.39 is 0 Å². The Hall–Kier alpha value is -2.50. The summed E-state index contributed by atoms with van der Waals surface area (Å²) in [5, 5.41) is 5.78. The summed E-state index contributed by atoms with van der Waals surface area (Å²) in [7, 11) is 0. The van der Waals surface area contributed by atoms with Gasteiger partial charge >= 0.3 is 0 Å². The third-order valence-electron chi connectivity index (χ3n) is 2.97. The summed E-state index contributed by atoms with van der Waals surface area (Å²) < 4.78 is 12.9. The molecule has 0 saturated heterocycles. The Balaban J connectivity index is 2.01. The second-order valence-corrected chi connectivity index (χ2v) is 4.57. The van der Waals surface area contributed by atoms with E-state index in [0.29, 0.717) is 18.1 Å². The fourth-order valence-electron chi connectivity index (χ4n) is 1.81. The van der Waals surface area contributed by atoms with Crippen molar-refractivity contribution in [3.8, 4) is 0 Å². The van der Waals surface area contributed by atoms with Crippen LogP contribution in [0.3, 0.4) is 0 Å². The zero-order valence-electron chi connectivity index (χ0n) is 11.9.